The van der Waals surface area contributed by atoms with Gasteiger partial charge in [0.05, 0.1) is 26.1 Å². The smallest absolute Gasteiger partial charge is 0.338 e. The molecule has 1 aliphatic rings. The first kappa shape index (κ1) is 30.8. The zero-order chi connectivity index (χ0) is 30.2. The lowest BCUT2D eigenvalue weighted by Gasteiger charge is -2.35. The summed E-state index contributed by atoms with van der Waals surface area (Å²) in [6.45, 7) is 2.63. The average molecular weight is 630 g/mol. The fraction of sp³-hybridized carbons (Fsp3) is 0.296. The first-order chi connectivity index (χ1) is 19.1. The number of hydrogen-bond acceptors (Lipinski definition) is 5. The summed E-state index contributed by atoms with van der Waals surface area (Å²) in [7, 11) is -8.29. The molecular formula is C27H27ClF3N3O5S2. The third-order valence-corrected chi connectivity index (χ3v) is 10.7. The number of rotatable bonds is 7. The molecule has 1 amide bonds. The van der Waals surface area contributed by atoms with E-state index >= 15 is 0 Å². The molecule has 1 heterocycles. The lowest BCUT2D eigenvalue weighted by molar-refractivity contribution is -0.137. The Morgan fingerprint density at radius 3 is 1.85 bits per heavy atom. The monoisotopic (exact) mass is 629 g/mol. The van der Waals surface area contributed by atoms with Gasteiger partial charge in [0.1, 0.15) is 6.54 Å². The molecule has 14 heteroatoms. The topological polar surface area (TPSA) is 95.1 Å². The number of carbonyl (C=O) groups is 1. The van der Waals surface area contributed by atoms with Crippen molar-refractivity contribution >= 4 is 43.2 Å². The van der Waals surface area contributed by atoms with E-state index in [2.05, 4.69) is 0 Å². The predicted octanol–water partition coefficient (Wildman–Crippen LogP) is 4.70. The Bertz CT molecular complexity index is 1640. The number of nitrogens with zero attached hydrogens (tertiary/aromatic N) is 3. The predicted molar refractivity (Wildman–Crippen MR) is 149 cm³/mol. The molecule has 1 aliphatic heterocycles. The van der Waals surface area contributed by atoms with Crippen LogP contribution in [0.3, 0.4) is 0 Å². The van der Waals surface area contributed by atoms with Crippen LogP contribution in [0.2, 0.25) is 5.02 Å². The summed E-state index contributed by atoms with van der Waals surface area (Å²) in [6.07, 6.45) is -4.87. The Hall–Kier alpha value is -3.13. The molecule has 220 valence electrons. The van der Waals surface area contributed by atoms with Gasteiger partial charge in [-0.25, -0.2) is 16.8 Å². The number of alkyl halides is 3. The minimum Gasteiger partial charge on any atom is -0.338 e. The van der Waals surface area contributed by atoms with Crippen LogP contribution in [-0.2, 0) is 31.0 Å². The van der Waals surface area contributed by atoms with E-state index in [0.29, 0.717) is 10.4 Å². The van der Waals surface area contributed by atoms with Crippen molar-refractivity contribution < 1.29 is 34.8 Å². The van der Waals surface area contributed by atoms with E-state index in [0.717, 1.165) is 23.3 Å². The van der Waals surface area contributed by atoms with Gasteiger partial charge < -0.3 is 4.90 Å². The van der Waals surface area contributed by atoms with Crippen molar-refractivity contribution in [3.8, 4) is 0 Å². The molecule has 41 heavy (non-hydrogen) atoms. The molecule has 0 aliphatic carbocycles. The Balaban J connectivity index is 1.60. The number of aryl methyl sites for hydroxylation is 2. The van der Waals surface area contributed by atoms with E-state index in [-0.39, 0.29) is 36.0 Å². The summed E-state index contributed by atoms with van der Waals surface area (Å²) in [6, 6.07) is 14.6. The number of sulfonamides is 2. The number of amides is 1. The molecule has 0 bridgehead atoms. The fourth-order valence-electron chi connectivity index (χ4n) is 4.30. The standard InChI is InChI=1S/C27H27ClF3N3O5S2/c1-19-3-8-22(9-4-19)40(36,37)33-15-13-32(14-16-33)26(35)18-34(41(38,39)23-10-5-20(2)6-11-23)21-7-12-25(28)24(17-21)27(29,30)31/h3-12,17H,13-16,18H2,1-2H3. The molecule has 4 rings (SSSR count). The second kappa shape index (κ2) is 11.6. The van der Waals surface area contributed by atoms with Crippen LogP contribution in [0.25, 0.3) is 0 Å². The van der Waals surface area contributed by atoms with E-state index in [4.69, 9.17) is 11.6 Å². The van der Waals surface area contributed by atoms with Gasteiger partial charge in [-0.05, 0) is 56.3 Å². The lowest BCUT2D eigenvalue weighted by atomic mass is 10.2. The largest absolute Gasteiger partial charge is 0.417 e. The molecule has 0 spiro atoms. The summed E-state index contributed by atoms with van der Waals surface area (Å²) in [4.78, 5) is 14.5. The van der Waals surface area contributed by atoms with Gasteiger partial charge in [0.25, 0.3) is 10.0 Å². The van der Waals surface area contributed by atoms with E-state index in [1.807, 2.05) is 6.92 Å². The highest BCUT2D eigenvalue weighted by molar-refractivity contribution is 7.92. The maximum absolute atomic E-state index is 13.6. The Morgan fingerprint density at radius 1 is 0.829 bits per heavy atom. The summed E-state index contributed by atoms with van der Waals surface area (Å²) >= 11 is 5.75. The van der Waals surface area contributed by atoms with Crippen LogP contribution in [0.4, 0.5) is 18.9 Å². The minimum atomic E-state index is -4.87. The van der Waals surface area contributed by atoms with Crippen LogP contribution in [-0.4, -0.2) is 64.7 Å². The second-order valence-corrected chi connectivity index (χ2v) is 13.8. The van der Waals surface area contributed by atoms with Crippen LogP contribution in [0, 0.1) is 13.8 Å². The summed E-state index contributed by atoms with van der Waals surface area (Å²) < 4.78 is 96.0. The van der Waals surface area contributed by atoms with Crippen molar-refractivity contribution in [2.75, 3.05) is 37.0 Å². The highest BCUT2D eigenvalue weighted by Crippen LogP contribution is 2.38. The zero-order valence-electron chi connectivity index (χ0n) is 22.1. The van der Waals surface area contributed by atoms with Crippen LogP contribution in [0.15, 0.2) is 76.5 Å². The van der Waals surface area contributed by atoms with Gasteiger partial charge in [-0.2, -0.15) is 17.5 Å². The van der Waals surface area contributed by atoms with Gasteiger partial charge in [-0.1, -0.05) is 47.0 Å². The van der Waals surface area contributed by atoms with Crippen molar-refractivity contribution in [2.24, 2.45) is 0 Å². The molecule has 0 atom stereocenters. The Labute approximate surface area is 242 Å². The van der Waals surface area contributed by atoms with Crippen LogP contribution < -0.4 is 4.31 Å². The van der Waals surface area contributed by atoms with Crippen molar-refractivity contribution in [1.82, 2.24) is 9.21 Å². The molecule has 1 fully saturated rings. The average Bonchev–Trinajstić information content (AvgIpc) is 2.92. The van der Waals surface area contributed by atoms with E-state index in [1.165, 1.54) is 45.6 Å². The maximum Gasteiger partial charge on any atom is 0.417 e. The number of carbonyl (C=O) groups excluding carboxylic acids is 1. The zero-order valence-corrected chi connectivity index (χ0v) is 24.5. The highest BCUT2D eigenvalue weighted by atomic mass is 35.5. The molecule has 8 nitrogen and oxygen atoms in total. The van der Waals surface area contributed by atoms with Crippen molar-refractivity contribution in [2.45, 2.75) is 29.8 Å². The first-order valence-corrected chi connectivity index (χ1v) is 15.7. The summed E-state index contributed by atoms with van der Waals surface area (Å²) in [5.74, 6) is -0.698. The quantitative estimate of drug-likeness (QED) is 0.378. The molecule has 1 saturated heterocycles. The fourth-order valence-corrected chi connectivity index (χ4v) is 7.35. The van der Waals surface area contributed by atoms with Crippen LogP contribution in [0.5, 0.6) is 0 Å². The molecule has 3 aromatic rings. The Morgan fingerprint density at radius 2 is 1.34 bits per heavy atom. The van der Waals surface area contributed by atoms with E-state index < -0.39 is 54.9 Å². The molecule has 3 aromatic carbocycles. The third kappa shape index (κ3) is 6.69. The molecule has 0 aromatic heterocycles. The van der Waals surface area contributed by atoms with Crippen LogP contribution in [0.1, 0.15) is 16.7 Å². The first-order valence-electron chi connectivity index (χ1n) is 12.4. The lowest BCUT2D eigenvalue weighted by Crippen LogP contribution is -2.53. The second-order valence-electron chi connectivity index (χ2n) is 9.58. The summed E-state index contributed by atoms with van der Waals surface area (Å²) in [5.41, 5.74) is 0.0165. The normalized spacial score (nSPS) is 15.1. The van der Waals surface area contributed by atoms with Crippen molar-refractivity contribution in [1.29, 1.82) is 0 Å². The van der Waals surface area contributed by atoms with Gasteiger partial charge >= 0.3 is 6.18 Å². The number of anilines is 1. The van der Waals surface area contributed by atoms with Crippen molar-refractivity contribution in [3.63, 3.8) is 0 Å². The highest BCUT2D eigenvalue weighted by Gasteiger charge is 2.37. The molecule has 0 N–H and O–H groups in total. The number of halogens is 4. The van der Waals surface area contributed by atoms with Gasteiger partial charge in [-0.3, -0.25) is 9.10 Å². The SMILES string of the molecule is Cc1ccc(S(=O)(=O)N2CCN(C(=O)CN(c3ccc(Cl)c(C(F)(F)F)c3)S(=O)(=O)c3ccc(C)cc3)CC2)cc1. The molecule has 0 saturated carbocycles. The number of benzene rings is 3. The van der Waals surface area contributed by atoms with Gasteiger partial charge in [0, 0.05) is 26.2 Å². The van der Waals surface area contributed by atoms with Gasteiger partial charge in [0.15, 0.2) is 0 Å². The number of hydrogen-bond donors (Lipinski definition) is 0. The maximum atomic E-state index is 13.6. The van der Waals surface area contributed by atoms with E-state index in [9.17, 15) is 34.8 Å². The third-order valence-electron chi connectivity index (χ3n) is 6.68. The minimum absolute atomic E-state index is 0.0310. The molecule has 0 radical (unpaired) electrons. The van der Waals surface area contributed by atoms with Crippen LogP contribution >= 0.6 is 11.6 Å². The van der Waals surface area contributed by atoms with Gasteiger partial charge in [0.2, 0.25) is 15.9 Å². The van der Waals surface area contributed by atoms with Crippen molar-refractivity contribution in [3.05, 3.63) is 88.4 Å². The van der Waals surface area contributed by atoms with E-state index in [1.54, 1.807) is 19.1 Å². The number of piperazine rings is 1. The molecular weight excluding hydrogens is 603 g/mol. The molecule has 0 unspecified atom stereocenters. The van der Waals surface area contributed by atoms with Gasteiger partial charge in [-0.15, -0.1) is 0 Å². The summed E-state index contributed by atoms with van der Waals surface area (Å²) in [5, 5.41) is -0.619. The Kier molecular flexibility index (Phi) is 8.74.